The van der Waals surface area contributed by atoms with Crippen molar-refractivity contribution in [2.75, 3.05) is 11.9 Å². The standard InChI is InChI=1S/C30H32N2O2/c1-7-8-9-25-18-24(19-31-29(33)26-13-10-20(2)22(4)16-26)12-15-28(25)32(6)30(34)27-14-11-21(3)23(5)17-27/h7-18H,1,19H2,2-6H3,(H,31,33)/b9-8-. The van der Waals surface area contributed by atoms with Crippen molar-refractivity contribution in [1.29, 1.82) is 0 Å². The highest BCUT2D eigenvalue weighted by Gasteiger charge is 2.17. The minimum Gasteiger partial charge on any atom is -0.348 e. The van der Waals surface area contributed by atoms with Gasteiger partial charge in [-0.2, -0.15) is 0 Å². The van der Waals surface area contributed by atoms with Gasteiger partial charge in [-0.15, -0.1) is 0 Å². The maximum atomic E-state index is 13.2. The number of rotatable bonds is 7. The van der Waals surface area contributed by atoms with E-state index in [-0.39, 0.29) is 11.8 Å². The Balaban J connectivity index is 1.82. The second-order valence-electron chi connectivity index (χ2n) is 8.63. The number of hydrogen-bond acceptors (Lipinski definition) is 2. The highest BCUT2D eigenvalue weighted by Crippen LogP contribution is 2.25. The number of allylic oxidation sites excluding steroid dienone is 2. The van der Waals surface area contributed by atoms with Gasteiger partial charge in [-0.25, -0.2) is 0 Å². The van der Waals surface area contributed by atoms with Crippen LogP contribution in [-0.2, 0) is 6.54 Å². The van der Waals surface area contributed by atoms with Gasteiger partial charge < -0.3 is 10.2 Å². The lowest BCUT2D eigenvalue weighted by Crippen LogP contribution is -2.27. The maximum Gasteiger partial charge on any atom is 0.258 e. The van der Waals surface area contributed by atoms with Gasteiger partial charge in [-0.3, -0.25) is 9.59 Å². The summed E-state index contributed by atoms with van der Waals surface area (Å²) in [5.74, 6) is -0.190. The lowest BCUT2D eigenvalue weighted by molar-refractivity contribution is 0.0949. The van der Waals surface area contributed by atoms with Gasteiger partial charge in [-0.05, 0) is 97.5 Å². The molecule has 0 saturated carbocycles. The fourth-order valence-electron chi connectivity index (χ4n) is 3.67. The molecule has 1 N–H and O–H groups in total. The molecular weight excluding hydrogens is 420 g/mol. The van der Waals surface area contributed by atoms with Gasteiger partial charge in [0.1, 0.15) is 0 Å². The van der Waals surface area contributed by atoms with E-state index in [4.69, 9.17) is 0 Å². The van der Waals surface area contributed by atoms with Crippen molar-refractivity contribution < 1.29 is 9.59 Å². The van der Waals surface area contributed by atoms with E-state index in [0.29, 0.717) is 17.7 Å². The Morgan fingerprint density at radius 1 is 0.853 bits per heavy atom. The van der Waals surface area contributed by atoms with Gasteiger partial charge in [0.25, 0.3) is 11.8 Å². The third-order valence-corrected chi connectivity index (χ3v) is 6.15. The van der Waals surface area contributed by atoms with Crippen molar-refractivity contribution in [3.05, 3.63) is 118 Å². The van der Waals surface area contributed by atoms with Crippen molar-refractivity contribution in [3.8, 4) is 0 Å². The molecule has 4 heteroatoms. The first-order valence-corrected chi connectivity index (χ1v) is 11.3. The molecule has 34 heavy (non-hydrogen) atoms. The average molecular weight is 453 g/mol. The van der Waals surface area contributed by atoms with Gasteiger partial charge in [0.2, 0.25) is 0 Å². The van der Waals surface area contributed by atoms with Crippen molar-refractivity contribution in [2.45, 2.75) is 34.2 Å². The van der Waals surface area contributed by atoms with Gasteiger partial charge >= 0.3 is 0 Å². The largest absolute Gasteiger partial charge is 0.348 e. The van der Waals surface area contributed by atoms with E-state index >= 15 is 0 Å². The van der Waals surface area contributed by atoms with Gasteiger partial charge in [0, 0.05) is 24.7 Å². The van der Waals surface area contributed by atoms with E-state index in [9.17, 15) is 9.59 Å². The molecular formula is C30H32N2O2. The minimum absolute atomic E-state index is 0.0767. The molecule has 3 aromatic carbocycles. The maximum absolute atomic E-state index is 13.2. The summed E-state index contributed by atoms with van der Waals surface area (Å²) in [5, 5.41) is 2.99. The Morgan fingerprint density at radius 3 is 2.09 bits per heavy atom. The van der Waals surface area contributed by atoms with Crippen molar-refractivity contribution in [3.63, 3.8) is 0 Å². The van der Waals surface area contributed by atoms with E-state index in [2.05, 4.69) is 11.9 Å². The molecule has 0 spiro atoms. The Labute approximate surface area is 202 Å². The quantitative estimate of drug-likeness (QED) is 0.426. The van der Waals surface area contributed by atoms with Crippen LogP contribution in [0.25, 0.3) is 6.08 Å². The number of nitrogens with one attached hydrogen (secondary N) is 1. The molecule has 0 radical (unpaired) electrons. The summed E-state index contributed by atoms with van der Waals surface area (Å²) in [6.07, 6.45) is 5.45. The summed E-state index contributed by atoms with van der Waals surface area (Å²) in [5.41, 5.74) is 8.37. The summed E-state index contributed by atoms with van der Waals surface area (Å²) in [6, 6.07) is 17.3. The van der Waals surface area contributed by atoms with E-state index in [1.165, 1.54) is 0 Å². The van der Waals surface area contributed by atoms with Crippen LogP contribution in [0.4, 0.5) is 5.69 Å². The molecule has 0 fully saturated rings. The number of nitrogens with zero attached hydrogens (tertiary/aromatic N) is 1. The van der Waals surface area contributed by atoms with E-state index < -0.39 is 0 Å². The number of hydrogen-bond donors (Lipinski definition) is 1. The van der Waals surface area contributed by atoms with Crippen LogP contribution in [0, 0.1) is 27.7 Å². The Morgan fingerprint density at radius 2 is 1.47 bits per heavy atom. The van der Waals surface area contributed by atoms with Gasteiger partial charge in [-0.1, -0.05) is 43.0 Å². The first-order chi connectivity index (χ1) is 16.2. The summed E-state index contributed by atoms with van der Waals surface area (Å²) >= 11 is 0. The monoisotopic (exact) mass is 452 g/mol. The van der Waals surface area contributed by atoms with Gasteiger partial charge in [0.05, 0.1) is 5.69 Å². The van der Waals surface area contributed by atoms with Crippen LogP contribution in [0.5, 0.6) is 0 Å². The zero-order valence-corrected chi connectivity index (χ0v) is 20.6. The highest BCUT2D eigenvalue weighted by molar-refractivity contribution is 6.07. The van der Waals surface area contributed by atoms with Gasteiger partial charge in [0.15, 0.2) is 0 Å². The number of amides is 2. The van der Waals surface area contributed by atoms with Crippen LogP contribution in [-0.4, -0.2) is 18.9 Å². The second kappa shape index (κ2) is 10.8. The lowest BCUT2D eigenvalue weighted by atomic mass is 10.0. The first-order valence-electron chi connectivity index (χ1n) is 11.3. The van der Waals surface area contributed by atoms with E-state index in [0.717, 1.165) is 39.1 Å². The Hall–Kier alpha value is -3.92. The van der Waals surface area contributed by atoms with Crippen molar-refractivity contribution in [2.24, 2.45) is 0 Å². The molecule has 0 aromatic heterocycles. The van der Waals surface area contributed by atoms with Crippen LogP contribution >= 0.6 is 0 Å². The minimum atomic E-state index is -0.114. The van der Waals surface area contributed by atoms with Crippen LogP contribution in [0.2, 0.25) is 0 Å². The van der Waals surface area contributed by atoms with E-state index in [1.54, 1.807) is 18.0 Å². The predicted octanol–water partition coefficient (Wildman–Crippen LogP) is 6.33. The molecule has 0 bridgehead atoms. The molecule has 0 heterocycles. The molecule has 174 valence electrons. The molecule has 0 aliphatic heterocycles. The molecule has 0 saturated heterocycles. The fourth-order valence-corrected chi connectivity index (χ4v) is 3.67. The molecule has 4 nitrogen and oxygen atoms in total. The third-order valence-electron chi connectivity index (χ3n) is 6.15. The summed E-state index contributed by atoms with van der Waals surface area (Å²) in [4.78, 5) is 27.4. The number of carbonyl (C=O) groups is 2. The zero-order chi connectivity index (χ0) is 24.8. The number of carbonyl (C=O) groups excluding carboxylic acids is 2. The topological polar surface area (TPSA) is 49.4 Å². The van der Waals surface area contributed by atoms with Crippen LogP contribution in [0.3, 0.4) is 0 Å². The van der Waals surface area contributed by atoms with Crippen LogP contribution < -0.4 is 10.2 Å². The Bertz CT molecular complexity index is 1270. The molecule has 0 atom stereocenters. The summed E-state index contributed by atoms with van der Waals surface area (Å²) < 4.78 is 0. The van der Waals surface area contributed by atoms with Crippen molar-refractivity contribution >= 4 is 23.6 Å². The molecule has 3 rings (SSSR count). The predicted molar refractivity (Wildman–Crippen MR) is 141 cm³/mol. The molecule has 2 amide bonds. The average Bonchev–Trinajstić information content (AvgIpc) is 2.83. The highest BCUT2D eigenvalue weighted by atomic mass is 16.2. The normalized spacial score (nSPS) is 10.9. The third kappa shape index (κ3) is 5.70. The summed E-state index contributed by atoms with van der Waals surface area (Å²) in [7, 11) is 1.78. The summed E-state index contributed by atoms with van der Waals surface area (Å²) in [6.45, 7) is 12.2. The molecule has 0 aliphatic carbocycles. The lowest BCUT2D eigenvalue weighted by Gasteiger charge is -2.21. The van der Waals surface area contributed by atoms with Crippen LogP contribution in [0.1, 0.15) is 54.1 Å². The smallest absolute Gasteiger partial charge is 0.258 e. The fraction of sp³-hybridized carbons (Fsp3) is 0.200. The second-order valence-corrected chi connectivity index (χ2v) is 8.63. The number of benzene rings is 3. The number of aryl methyl sites for hydroxylation is 4. The Kier molecular flexibility index (Phi) is 7.85. The van der Waals surface area contributed by atoms with Crippen LogP contribution in [0.15, 0.2) is 73.3 Å². The first kappa shape index (κ1) is 24.7. The zero-order valence-electron chi connectivity index (χ0n) is 20.6. The molecule has 0 aliphatic rings. The van der Waals surface area contributed by atoms with Crippen molar-refractivity contribution in [1.82, 2.24) is 5.32 Å². The van der Waals surface area contributed by atoms with E-state index in [1.807, 2.05) is 94.4 Å². The number of anilines is 1. The SMILES string of the molecule is C=C/C=C\c1cc(CNC(=O)c2ccc(C)c(C)c2)ccc1N(C)C(=O)c1ccc(C)c(C)c1. The molecule has 3 aromatic rings. The molecule has 0 unspecified atom stereocenters.